The average Bonchev–Trinajstić information content (AvgIpc) is 2.66. The highest BCUT2D eigenvalue weighted by atomic mass is 32.2. The third kappa shape index (κ3) is 5.11. The maximum absolute atomic E-state index is 12.6. The minimum absolute atomic E-state index is 0.194. The zero-order chi connectivity index (χ0) is 21.0. The zero-order valence-corrected chi connectivity index (χ0v) is 16.9. The van der Waals surface area contributed by atoms with Crippen LogP contribution in [0.25, 0.3) is 10.8 Å². The number of nitrogens with one attached hydrogen (secondary N) is 2. The highest BCUT2D eigenvalue weighted by molar-refractivity contribution is 7.92. The highest BCUT2D eigenvalue weighted by Gasteiger charge is 2.22. The van der Waals surface area contributed by atoms with Gasteiger partial charge in [-0.2, -0.15) is 0 Å². The summed E-state index contributed by atoms with van der Waals surface area (Å²) in [5.41, 5.74) is 1.54. The lowest BCUT2D eigenvalue weighted by Gasteiger charge is -2.23. The number of rotatable bonds is 6. The summed E-state index contributed by atoms with van der Waals surface area (Å²) in [4.78, 5) is 23.6. The molecule has 0 heterocycles. The molecule has 0 aliphatic rings. The molecule has 0 spiro atoms. The summed E-state index contributed by atoms with van der Waals surface area (Å²) in [6.45, 7) is 1.04. The SMILES string of the molecule is CC(=O)Nc1ccc(NC(=O)CN(c2cccc3ccccc23)S(C)(=O)=O)cc1. The number of hydrogen-bond donors (Lipinski definition) is 2. The topological polar surface area (TPSA) is 95.6 Å². The Balaban J connectivity index is 1.82. The fraction of sp³-hybridized carbons (Fsp3) is 0.143. The molecule has 0 aliphatic heterocycles. The molecule has 0 fully saturated rings. The van der Waals surface area contributed by atoms with Gasteiger partial charge in [-0.15, -0.1) is 0 Å². The number of fused-ring (bicyclic) bond motifs is 1. The van der Waals surface area contributed by atoms with Gasteiger partial charge in [0.1, 0.15) is 6.54 Å². The first-order valence-electron chi connectivity index (χ1n) is 8.87. The van der Waals surface area contributed by atoms with Crippen molar-refractivity contribution in [2.45, 2.75) is 6.92 Å². The van der Waals surface area contributed by atoms with Crippen LogP contribution in [0.3, 0.4) is 0 Å². The molecule has 29 heavy (non-hydrogen) atoms. The second kappa shape index (κ2) is 8.32. The number of amides is 2. The highest BCUT2D eigenvalue weighted by Crippen LogP contribution is 2.28. The van der Waals surface area contributed by atoms with Crippen LogP contribution in [-0.2, 0) is 19.6 Å². The summed E-state index contributed by atoms with van der Waals surface area (Å²) >= 11 is 0. The number of carbonyl (C=O) groups excluding carboxylic acids is 2. The van der Waals surface area contributed by atoms with Crippen LogP contribution in [0.4, 0.5) is 17.1 Å². The van der Waals surface area contributed by atoms with E-state index in [1.807, 2.05) is 30.3 Å². The van der Waals surface area contributed by atoms with Crippen molar-refractivity contribution in [3.8, 4) is 0 Å². The molecule has 8 heteroatoms. The minimum atomic E-state index is -3.69. The molecule has 3 aromatic carbocycles. The molecule has 3 aromatic rings. The van der Waals surface area contributed by atoms with Crippen molar-refractivity contribution >= 4 is 49.7 Å². The van der Waals surface area contributed by atoms with Crippen molar-refractivity contribution in [2.24, 2.45) is 0 Å². The molecule has 2 amide bonds. The summed E-state index contributed by atoms with van der Waals surface area (Å²) < 4.78 is 25.9. The number of anilines is 3. The lowest BCUT2D eigenvalue weighted by Crippen LogP contribution is -2.37. The molecule has 0 saturated carbocycles. The van der Waals surface area contributed by atoms with Crippen molar-refractivity contribution in [1.82, 2.24) is 0 Å². The van der Waals surface area contributed by atoms with Crippen LogP contribution in [0.2, 0.25) is 0 Å². The van der Waals surface area contributed by atoms with Crippen LogP contribution in [0.15, 0.2) is 66.7 Å². The largest absolute Gasteiger partial charge is 0.326 e. The zero-order valence-electron chi connectivity index (χ0n) is 16.0. The number of hydrogen-bond acceptors (Lipinski definition) is 4. The predicted octanol–water partition coefficient (Wildman–Crippen LogP) is 3.20. The first-order valence-corrected chi connectivity index (χ1v) is 10.7. The molecule has 2 N–H and O–H groups in total. The number of carbonyl (C=O) groups is 2. The molecular formula is C21H21N3O4S. The summed E-state index contributed by atoms with van der Waals surface area (Å²) in [7, 11) is -3.69. The van der Waals surface area contributed by atoms with Crippen LogP contribution >= 0.6 is 0 Å². The van der Waals surface area contributed by atoms with Gasteiger partial charge in [-0.1, -0.05) is 36.4 Å². The monoisotopic (exact) mass is 411 g/mol. The van der Waals surface area contributed by atoms with E-state index in [9.17, 15) is 18.0 Å². The summed E-state index contributed by atoms with van der Waals surface area (Å²) in [6, 6.07) is 19.3. The van der Waals surface area contributed by atoms with E-state index in [2.05, 4.69) is 10.6 Å². The van der Waals surface area contributed by atoms with Crippen LogP contribution in [0, 0.1) is 0 Å². The van der Waals surface area contributed by atoms with Crippen molar-refractivity contribution in [3.05, 3.63) is 66.7 Å². The number of sulfonamides is 1. The van der Waals surface area contributed by atoms with Crippen LogP contribution < -0.4 is 14.9 Å². The van der Waals surface area contributed by atoms with Gasteiger partial charge in [0.15, 0.2) is 0 Å². The normalized spacial score (nSPS) is 11.1. The maximum Gasteiger partial charge on any atom is 0.245 e. The first kappa shape index (κ1) is 20.3. The fourth-order valence-corrected chi connectivity index (χ4v) is 3.85. The van der Waals surface area contributed by atoms with Gasteiger partial charge in [-0.3, -0.25) is 13.9 Å². The van der Waals surface area contributed by atoms with Gasteiger partial charge in [0, 0.05) is 23.7 Å². The van der Waals surface area contributed by atoms with E-state index in [0.717, 1.165) is 21.3 Å². The Morgan fingerprint density at radius 2 is 1.45 bits per heavy atom. The van der Waals surface area contributed by atoms with E-state index in [4.69, 9.17) is 0 Å². The van der Waals surface area contributed by atoms with E-state index in [1.54, 1.807) is 36.4 Å². The second-order valence-corrected chi connectivity index (χ2v) is 8.48. The molecule has 0 aliphatic carbocycles. The molecule has 0 saturated heterocycles. The van der Waals surface area contributed by atoms with E-state index < -0.39 is 15.9 Å². The molecule has 0 bridgehead atoms. The van der Waals surface area contributed by atoms with Crippen LogP contribution in [-0.4, -0.2) is 33.0 Å². The van der Waals surface area contributed by atoms with E-state index in [1.165, 1.54) is 6.92 Å². The predicted molar refractivity (Wildman–Crippen MR) is 116 cm³/mol. The van der Waals surface area contributed by atoms with Crippen molar-refractivity contribution in [2.75, 3.05) is 27.7 Å². The fourth-order valence-electron chi connectivity index (χ4n) is 2.98. The summed E-state index contributed by atoms with van der Waals surface area (Å²) in [6.07, 6.45) is 1.07. The van der Waals surface area contributed by atoms with Gasteiger partial charge in [0.2, 0.25) is 21.8 Å². The Labute approximate surface area is 169 Å². The Kier molecular flexibility index (Phi) is 5.84. The molecule has 0 unspecified atom stereocenters. The molecule has 0 radical (unpaired) electrons. The van der Waals surface area contributed by atoms with Crippen molar-refractivity contribution < 1.29 is 18.0 Å². The van der Waals surface area contributed by atoms with Crippen LogP contribution in [0.5, 0.6) is 0 Å². The summed E-state index contributed by atoms with van der Waals surface area (Å²) in [5.74, 6) is -0.670. The molecule has 3 rings (SSSR count). The summed E-state index contributed by atoms with van der Waals surface area (Å²) in [5, 5.41) is 6.95. The lowest BCUT2D eigenvalue weighted by atomic mass is 10.1. The Hall–Kier alpha value is -3.39. The maximum atomic E-state index is 12.6. The molecule has 0 atom stereocenters. The van der Waals surface area contributed by atoms with Gasteiger partial charge in [-0.25, -0.2) is 8.42 Å². The molecular weight excluding hydrogens is 390 g/mol. The van der Waals surface area contributed by atoms with Gasteiger partial charge in [0.05, 0.1) is 11.9 Å². The van der Waals surface area contributed by atoms with Gasteiger partial charge in [-0.05, 0) is 35.7 Å². The minimum Gasteiger partial charge on any atom is -0.326 e. The van der Waals surface area contributed by atoms with Gasteiger partial charge < -0.3 is 10.6 Å². The standard InChI is InChI=1S/C21H21N3O4S/c1-15(25)22-17-10-12-18(13-11-17)23-21(26)14-24(29(2,27)28)20-9-5-7-16-6-3-4-8-19(16)20/h3-13H,14H2,1-2H3,(H,22,25)(H,23,26). The molecule has 0 aromatic heterocycles. The third-order valence-electron chi connectivity index (χ3n) is 4.21. The smallest absolute Gasteiger partial charge is 0.245 e. The Bertz CT molecular complexity index is 1150. The number of nitrogens with zero attached hydrogens (tertiary/aromatic N) is 1. The third-order valence-corrected chi connectivity index (χ3v) is 5.34. The number of benzene rings is 3. The van der Waals surface area contributed by atoms with Crippen LogP contribution in [0.1, 0.15) is 6.92 Å². The lowest BCUT2D eigenvalue weighted by molar-refractivity contribution is -0.115. The average molecular weight is 411 g/mol. The van der Waals surface area contributed by atoms with E-state index in [-0.39, 0.29) is 12.5 Å². The Morgan fingerprint density at radius 3 is 2.07 bits per heavy atom. The van der Waals surface area contributed by atoms with Gasteiger partial charge in [0.25, 0.3) is 0 Å². The Morgan fingerprint density at radius 1 is 0.862 bits per heavy atom. The molecule has 7 nitrogen and oxygen atoms in total. The van der Waals surface area contributed by atoms with Crippen molar-refractivity contribution in [3.63, 3.8) is 0 Å². The van der Waals surface area contributed by atoms with E-state index >= 15 is 0 Å². The van der Waals surface area contributed by atoms with Crippen molar-refractivity contribution in [1.29, 1.82) is 0 Å². The van der Waals surface area contributed by atoms with Gasteiger partial charge >= 0.3 is 0 Å². The molecule has 150 valence electrons. The van der Waals surface area contributed by atoms with E-state index in [0.29, 0.717) is 17.1 Å². The first-order chi connectivity index (χ1) is 13.7. The second-order valence-electron chi connectivity index (χ2n) is 6.57. The quantitative estimate of drug-likeness (QED) is 0.651.